The van der Waals surface area contributed by atoms with E-state index in [1.807, 2.05) is 0 Å². The van der Waals surface area contributed by atoms with E-state index >= 15 is 0 Å². The molecule has 1 fully saturated rings. The molecule has 1 aliphatic rings. The van der Waals surface area contributed by atoms with Crippen molar-refractivity contribution >= 4 is 22.8 Å². The smallest absolute Gasteiger partial charge is 0.295 e. The lowest BCUT2D eigenvalue weighted by Crippen LogP contribution is -2.33. The topological polar surface area (TPSA) is 90.4 Å². The first-order valence-corrected chi connectivity index (χ1v) is 6.92. The van der Waals surface area contributed by atoms with E-state index in [0.29, 0.717) is 17.1 Å². The molecule has 1 aromatic heterocycles. The van der Waals surface area contributed by atoms with Gasteiger partial charge in [-0.1, -0.05) is 6.92 Å². The van der Waals surface area contributed by atoms with Gasteiger partial charge in [0.15, 0.2) is 5.58 Å². The Morgan fingerprint density at radius 2 is 2.19 bits per heavy atom. The van der Waals surface area contributed by atoms with Gasteiger partial charge < -0.3 is 14.5 Å². The van der Waals surface area contributed by atoms with Crippen LogP contribution in [0.15, 0.2) is 22.6 Å². The lowest BCUT2D eigenvalue weighted by atomic mass is 9.82. The molecule has 3 rings (SSSR count). The van der Waals surface area contributed by atoms with Gasteiger partial charge in [0.05, 0.1) is 4.92 Å². The van der Waals surface area contributed by atoms with E-state index in [4.69, 9.17) is 9.15 Å². The molecule has 0 unspecified atom stereocenters. The molecule has 0 amide bonds. The summed E-state index contributed by atoms with van der Waals surface area (Å²) in [6.07, 6.45) is 1.98. The molecule has 7 nitrogen and oxygen atoms in total. The maximum Gasteiger partial charge on any atom is 0.295 e. The van der Waals surface area contributed by atoms with Crippen molar-refractivity contribution in [2.24, 2.45) is 5.41 Å². The zero-order valence-corrected chi connectivity index (χ0v) is 11.8. The van der Waals surface area contributed by atoms with E-state index in [1.54, 1.807) is 6.07 Å². The van der Waals surface area contributed by atoms with Crippen molar-refractivity contribution in [3.05, 3.63) is 28.3 Å². The van der Waals surface area contributed by atoms with Gasteiger partial charge in [-0.25, -0.2) is 0 Å². The van der Waals surface area contributed by atoms with Crippen molar-refractivity contribution in [2.75, 3.05) is 25.1 Å². The Hall–Kier alpha value is -2.15. The average Bonchev–Trinajstić information content (AvgIpc) is 2.88. The number of oxazole rings is 1. The van der Waals surface area contributed by atoms with Gasteiger partial charge >= 0.3 is 0 Å². The molecule has 1 aromatic carbocycles. The summed E-state index contributed by atoms with van der Waals surface area (Å²) in [5, 5.41) is 13.9. The van der Waals surface area contributed by atoms with Crippen LogP contribution in [0, 0.1) is 15.5 Å². The molecule has 0 aliphatic carbocycles. The van der Waals surface area contributed by atoms with Gasteiger partial charge in [-0.2, -0.15) is 4.98 Å². The van der Waals surface area contributed by atoms with Gasteiger partial charge in [0.25, 0.3) is 11.7 Å². The third-order valence-corrected chi connectivity index (χ3v) is 3.95. The number of nitrogens with zero attached hydrogens (tertiary/aromatic N) is 2. The van der Waals surface area contributed by atoms with E-state index in [2.05, 4.69) is 17.2 Å². The van der Waals surface area contributed by atoms with E-state index in [1.165, 1.54) is 12.1 Å². The molecule has 2 heterocycles. The first kappa shape index (κ1) is 13.8. The number of hydrogen-bond acceptors (Lipinski definition) is 6. The summed E-state index contributed by atoms with van der Waals surface area (Å²) in [6, 6.07) is 4.80. The summed E-state index contributed by atoms with van der Waals surface area (Å²) in [5.41, 5.74) is 1.20. The minimum Gasteiger partial charge on any atom is -0.424 e. The van der Waals surface area contributed by atoms with Crippen LogP contribution in [0.4, 0.5) is 11.7 Å². The fourth-order valence-electron chi connectivity index (χ4n) is 2.43. The molecule has 1 aliphatic heterocycles. The lowest BCUT2D eigenvalue weighted by Gasteiger charge is -2.33. The molecule has 1 N–H and O–H groups in total. The normalized spacial score (nSPS) is 17.8. The van der Waals surface area contributed by atoms with Gasteiger partial charge in [0.1, 0.15) is 5.52 Å². The number of benzene rings is 1. The van der Waals surface area contributed by atoms with Crippen LogP contribution in [0.5, 0.6) is 0 Å². The number of aromatic nitrogens is 1. The zero-order valence-electron chi connectivity index (χ0n) is 11.8. The van der Waals surface area contributed by atoms with Gasteiger partial charge in [-0.05, 0) is 24.3 Å². The first-order chi connectivity index (χ1) is 10.1. The Balaban J connectivity index is 1.73. The highest BCUT2D eigenvalue weighted by Gasteiger charge is 2.27. The Labute approximate surface area is 121 Å². The minimum atomic E-state index is -0.440. The van der Waals surface area contributed by atoms with Gasteiger partial charge in [-0.3, -0.25) is 10.1 Å². The van der Waals surface area contributed by atoms with Crippen molar-refractivity contribution in [1.82, 2.24) is 4.98 Å². The highest BCUT2D eigenvalue weighted by molar-refractivity contribution is 5.77. The van der Waals surface area contributed by atoms with Crippen LogP contribution in [-0.4, -0.2) is 29.7 Å². The Bertz CT molecular complexity index is 661. The summed E-state index contributed by atoms with van der Waals surface area (Å²) < 4.78 is 10.9. The summed E-state index contributed by atoms with van der Waals surface area (Å²) in [5.74, 6) is 0. The van der Waals surface area contributed by atoms with Gasteiger partial charge in [0.2, 0.25) is 0 Å². The zero-order chi connectivity index (χ0) is 14.9. The Kier molecular flexibility index (Phi) is 3.50. The summed E-state index contributed by atoms with van der Waals surface area (Å²) in [6.45, 7) is 4.50. The maximum atomic E-state index is 10.7. The first-order valence-electron chi connectivity index (χ1n) is 6.92. The van der Waals surface area contributed by atoms with Gasteiger partial charge in [0, 0.05) is 31.9 Å². The Morgan fingerprint density at radius 1 is 1.43 bits per heavy atom. The van der Waals surface area contributed by atoms with Crippen LogP contribution in [0.25, 0.3) is 11.1 Å². The fraction of sp³-hybridized carbons (Fsp3) is 0.500. The molecule has 7 heteroatoms. The number of nitrogens with one attached hydrogen (secondary N) is 1. The highest BCUT2D eigenvalue weighted by atomic mass is 16.6. The number of fused-ring (bicyclic) bond motifs is 1. The number of non-ortho nitro benzene ring substituents is 1. The number of nitro groups is 1. The number of anilines is 1. The predicted molar refractivity (Wildman–Crippen MR) is 77.3 cm³/mol. The monoisotopic (exact) mass is 291 g/mol. The van der Waals surface area contributed by atoms with E-state index in [9.17, 15) is 10.1 Å². The van der Waals surface area contributed by atoms with Crippen LogP contribution < -0.4 is 5.32 Å². The molecule has 0 spiro atoms. The van der Waals surface area contributed by atoms with E-state index in [-0.39, 0.29) is 11.1 Å². The molecule has 21 heavy (non-hydrogen) atoms. The third kappa shape index (κ3) is 2.97. The standard InChI is InChI=1S/C14H17N3O4/c1-14(4-6-20-7-5-14)9-15-13-16-11-8-10(17(18)19)2-3-12(11)21-13/h2-3,8H,4-7,9H2,1H3,(H,15,16). The van der Waals surface area contributed by atoms with Crippen LogP contribution >= 0.6 is 0 Å². The molecule has 112 valence electrons. The van der Waals surface area contributed by atoms with Crippen molar-refractivity contribution < 1.29 is 14.1 Å². The van der Waals surface area contributed by atoms with Crippen LogP contribution in [0.3, 0.4) is 0 Å². The summed E-state index contributed by atoms with van der Waals surface area (Å²) >= 11 is 0. The number of nitro benzene ring substituents is 1. The summed E-state index contributed by atoms with van der Waals surface area (Å²) in [7, 11) is 0. The second-order valence-electron chi connectivity index (χ2n) is 5.70. The van der Waals surface area contributed by atoms with Gasteiger partial charge in [-0.15, -0.1) is 0 Å². The molecule has 0 radical (unpaired) electrons. The molecule has 0 saturated carbocycles. The predicted octanol–water partition coefficient (Wildman–Crippen LogP) is 2.96. The summed E-state index contributed by atoms with van der Waals surface area (Å²) in [4.78, 5) is 14.6. The molecule has 2 aromatic rings. The molecule has 1 saturated heterocycles. The number of ether oxygens (including phenoxy) is 1. The largest absolute Gasteiger partial charge is 0.424 e. The lowest BCUT2D eigenvalue weighted by molar-refractivity contribution is -0.384. The fourth-order valence-corrected chi connectivity index (χ4v) is 2.43. The van der Waals surface area contributed by atoms with E-state index < -0.39 is 4.92 Å². The maximum absolute atomic E-state index is 10.7. The van der Waals surface area contributed by atoms with Crippen LogP contribution in [-0.2, 0) is 4.74 Å². The van der Waals surface area contributed by atoms with Crippen molar-refractivity contribution in [2.45, 2.75) is 19.8 Å². The van der Waals surface area contributed by atoms with Crippen molar-refractivity contribution in [3.63, 3.8) is 0 Å². The number of rotatable bonds is 4. The van der Waals surface area contributed by atoms with Crippen LogP contribution in [0.1, 0.15) is 19.8 Å². The molecular weight excluding hydrogens is 274 g/mol. The highest BCUT2D eigenvalue weighted by Crippen LogP contribution is 2.30. The minimum absolute atomic E-state index is 0.0127. The number of hydrogen-bond donors (Lipinski definition) is 1. The molecule has 0 bridgehead atoms. The SMILES string of the molecule is CC1(CNc2nc3cc([N+](=O)[O-])ccc3o2)CCOCC1. The van der Waals surface area contributed by atoms with E-state index in [0.717, 1.165) is 32.6 Å². The average molecular weight is 291 g/mol. The molecule has 0 atom stereocenters. The van der Waals surface area contributed by atoms with Crippen LogP contribution in [0.2, 0.25) is 0 Å². The molecular formula is C14H17N3O4. The second-order valence-corrected chi connectivity index (χ2v) is 5.70. The third-order valence-electron chi connectivity index (χ3n) is 3.95. The van der Waals surface area contributed by atoms with Crippen molar-refractivity contribution in [1.29, 1.82) is 0 Å². The quantitative estimate of drug-likeness (QED) is 0.688. The Morgan fingerprint density at radius 3 is 2.90 bits per heavy atom. The van der Waals surface area contributed by atoms with Crippen molar-refractivity contribution in [3.8, 4) is 0 Å². The second kappa shape index (κ2) is 5.33.